The molecule has 0 saturated heterocycles. The second kappa shape index (κ2) is 4.98. The zero-order valence-corrected chi connectivity index (χ0v) is 8.58. The predicted molar refractivity (Wildman–Crippen MR) is 53.8 cm³/mol. The number of amides is 2. The number of hydrogen-bond acceptors (Lipinski definition) is 2. The average molecular weight is 198 g/mol. The van der Waals surface area contributed by atoms with Gasteiger partial charge in [-0.05, 0) is 25.2 Å². The van der Waals surface area contributed by atoms with Gasteiger partial charge in [0.1, 0.15) is 5.78 Å². The standard InChI is InChI=1S/C10H18N2O2/c1-2-9(12-10(11)14)7-3-5-8(13)6-4-7/h7,9H,2-6H2,1H3,(H3,11,12,14). The Hall–Kier alpha value is -1.06. The Labute approximate surface area is 84.2 Å². The molecule has 0 aromatic carbocycles. The highest BCUT2D eigenvalue weighted by molar-refractivity contribution is 5.79. The first kappa shape index (κ1) is 11.0. The van der Waals surface area contributed by atoms with E-state index in [9.17, 15) is 9.59 Å². The maximum atomic E-state index is 11.0. The molecule has 0 radical (unpaired) electrons. The summed E-state index contributed by atoms with van der Waals surface area (Å²) in [6.45, 7) is 2.02. The van der Waals surface area contributed by atoms with Crippen molar-refractivity contribution < 1.29 is 9.59 Å². The number of urea groups is 1. The number of primary amides is 1. The molecule has 0 heterocycles. The molecule has 0 aromatic heterocycles. The fourth-order valence-electron chi connectivity index (χ4n) is 2.10. The van der Waals surface area contributed by atoms with Crippen molar-refractivity contribution in [3.05, 3.63) is 0 Å². The lowest BCUT2D eigenvalue weighted by molar-refractivity contribution is -0.121. The predicted octanol–water partition coefficient (Wildman–Crippen LogP) is 1.19. The summed E-state index contributed by atoms with van der Waals surface area (Å²) in [6, 6.07) is -0.325. The van der Waals surface area contributed by atoms with Gasteiger partial charge in [0.2, 0.25) is 0 Å². The molecule has 1 fully saturated rings. The van der Waals surface area contributed by atoms with Crippen molar-refractivity contribution in [1.82, 2.24) is 5.32 Å². The van der Waals surface area contributed by atoms with E-state index in [4.69, 9.17) is 5.73 Å². The van der Waals surface area contributed by atoms with Crippen LogP contribution in [0.4, 0.5) is 4.79 Å². The van der Waals surface area contributed by atoms with Gasteiger partial charge < -0.3 is 11.1 Å². The van der Waals surface area contributed by atoms with Gasteiger partial charge in [0.15, 0.2) is 0 Å². The number of Topliss-reactive ketones (excluding diaryl/α,β-unsaturated/α-hetero) is 1. The third-order valence-electron chi connectivity index (χ3n) is 2.92. The van der Waals surface area contributed by atoms with Crippen molar-refractivity contribution >= 4 is 11.8 Å². The van der Waals surface area contributed by atoms with Gasteiger partial charge in [0.05, 0.1) is 0 Å². The molecule has 1 rings (SSSR count). The maximum Gasteiger partial charge on any atom is 0.312 e. The average Bonchev–Trinajstić information content (AvgIpc) is 2.15. The largest absolute Gasteiger partial charge is 0.352 e. The first-order valence-corrected chi connectivity index (χ1v) is 5.21. The summed E-state index contributed by atoms with van der Waals surface area (Å²) in [6.07, 6.45) is 3.96. The third-order valence-corrected chi connectivity index (χ3v) is 2.92. The number of carbonyl (C=O) groups excluding carboxylic acids is 2. The summed E-state index contributed by atoms with van der Waals surface area (Å²) < 4.78 is 0. The smallest absolute Gasteiger partial charge is 0.312 e. The lowest BCUT2D eigenvalue weighted by Gasteiger charge is -2.29. The van der Waals surface area contributed by atoms with Crippen LogP contribution in [0.15, 0.2) is 0 Å². The van der Waals surface area contributed by atoms with E-state index in [0.717, 1.165) is 19.3 Å². The Morgan fingerprint density at radius 3 is 2.57 bits per heavy atom. The van der Waals surface area contributed by atoms with Gasteiger partial charge in [-0.2, -0.15) is 0 Å². The molecule has 4 nitrogen and oxygen atoms in total. The van der Waals surface area contributed by atoms with Gasteiger partial charge >= 0.3 is 6.03 Å². The van der Waals surface area contributed by atoms with Crippen LogP contribution < -0.4 is 11.1 Å². The minimum Gasteiger partial charge on any atom is -0.352 e. The second-order valence-corrected chi connectivity index (χ2v) is 3.90. The first-order chi connectivity index (χ1) is 6.63. The van der Waals surface area contributed by atoms with Crippen molar-refractivity contribution in [2.45, 2.75) is 45.1 Å². The fourth-order valence-corrected chi connectivity index (χ4v) is 2.10. The molecule has 0 aromatic rings. The Bertz CT molecular complexity index is 218. The summed E-state index contributed by atoms with van der Waals surface area (Å²) in [5, 5.41) is 2.74. The van der Waals surface area contributed by atoms with Gasteiger partial charge in [-0.15, -0.1) is 0 Å². The van der Waals surface area contributed by atoms with Crippen LogP contribution in [0, 0.1) is 5.92 Å². The molecule has 1 aliphatic carbocycles. The molecule has 0 aliphatic heterocycles. The number of hydrogen-bond donors (Lipinski definition) is 2. The normalized spacial score (nSPS) is 20.5. The minimum atomic E-state index is -0.464. The van der Waals surface area contributed by atoms with Crippen LogP contribution in [0.3, 0.4) is 0 Å². The fraction of sp³-hybridized carbons (Fsp3) is 0.800. The highest BCUT2D eigenvalue weighted by Gasteiger charge is 2.25. The van der Waals surface area contributed by atoms with Gasteiger partial charge in [0.25, 0.3) is 0 Å². The van der Waals surface area contributed by atoms with Crippen molar-refractivity contribution in [1.29, 1.82) is 0 Å². The van der Waals surface area contributed by atoms with Crippen LogP contribution in [-0.4, -0.2) is 17.9 Å². The summed E-state index contributed by atoms with van der Waals surface area (Å²) >= 11 is 0. The number of nitrogens with two attached hydrogens (primary N) is 1. The van der Waals surface area contributed by atoms with Gasteiger partial charge in [-0.1, -0.05) is 6.92 Å². The molecule has 4 heteroatoms. The SMILES string of the molecule is CCC(NC(N)=O)C1CCC(=O)CC1. The Balaban J connectivity index is 2.44. The van der Waals surface area contributed by atoms with Gasteiger partial charge in [-0.25, -0.2) is 4.79 Å². The second-order valence-electron chi connectivity index (χ2n) is 3.90. The van der Waals surface area contributed by atoms with Crippen LogP contribution >= 0.6 is 0 Å². The zero-order valence-electron chi connectivity index (χ0n) is 8.58. The van der Waals surface area contributed by atoms with Crippen LogP contribution in [0.1, 0.15) is 39.0 Å². The molecule has 14 heavy (non-hydrogen) atoms. The Kier molecular flexibility index (Phi) is 3.92. The molecule has 0 bridgehead atoms. The van der Waals surface area contributed by atoms with Crippen LogP contribution in [-0.2, 0) is 4.79 Å². The highest BCUT2D eigenvalue weighted by atomic mass is 16.2. The van der Waals surface area contributed by atoms with Crippen LogP contribution in [0.25, 0.3) is 0 Å². The summed E-state index contributed by atoms with van der Waals surface area (Å²) in [7, 11) is 0. The Morgan fingerprint density at radius 2 is 2.14 bits per heavy atom. The van der Waals surface area contributed by atoms with E-state index in [1.54, 1.807) is 0 Å². The Morgan fingerprint density at radius 1 is 1.57 bits per heavy atom. The third kappa shape index (κ3) is 3.01. The summed E-state index contributed by atoms with van der Waals surface area (Å²) in [4.78, 5) is 21.7. The molecule has 1 aliphatic rings. The molecule has 3 N–H and O–H groups in total. The quantitative estimate of drug-likeness (QED) is 0.715. The number of nitrogens with one attached hydrogen (secondary N) is 1. The molecule has 1 atom stereocenters. The molecule has 2 amide bonds. The van der Waals surface area contributed by atoms with E-state index in [0.29, 0.717) is 24.5 Å². The van der Waals surface area contributed by atoms with Crippen molar-refractivity contribution in [3.63, 3.8) is 0 Å². The van der Waals surface area contributed by atoms with E-state index in [1.165, 1.54) is 0 Å². The number of ketones is 1. The van der Waals surface area contributed by atoms with Crippen LogP contribution in [0.2, 0.25) is 0 Å². The number of rotatable bonds is 3. The molecular formula is C10H18N2O2. The molecule has 1 unspecified atom stereocenters. The molecule has 1 saturated carbocycles. The zero-order chi connectivity index (χ0) is 10.6. The number of carbonyl (C=O) groups is 2. The molecular weight excluding hydrogens is 180 g/mol. The first-order valence-electron chi connectivity index (χ1n) is 5.21. The topological polar surface area (TPSA) is 72.2 Å². The van der Waals surface area contributed by atoms with Gasteiger partial charge in [0, 0.05) is 18.9 Å². The highest BCUT2D eigenvalue weighted by Crippen LogP contribution is 2.25. The van der Waals surface area contributed by atoms with Crippen molar-refractivity contribution in [3.8, 4) is 0 Å². The lowest BCUT2D eigenvalue weighted by Crippen LogP contribution is -2.43. The monoisotopic (exact) mass is 198 g/mol. The lowest BCUT2D eigenvalue weighted by atomic mass is 9.82. The van der Waals surface area contributed by atoms with E-state index in [1.807, 2.05) is 6.92 Å². The molecule has 0 spiro atoms. The molecule has 80 valence electrons. The summed E-state index contributed by atoms with van der Waals surface area (Å²) in [5.41, 5.74) is 5.09. The van der Waals surface area contributed by atoms with Crippen molar-refractivity contribution in [2.75, 3.05) is 0 Å². The minimum absolute atomic E-state index is 0.139. The van der Waals surface area contributed by atoms with E-state index >= 15 is 0 Å². The summed E-state index contributed by atoms with van der Waals surface area (Å²) in [5.74, 6) is 0.764. The van der Waals surface area contributed by atoms with Gasteiger partial charge in [-0.3, -0.25) is 4.79 Å². The van der Waals surface area contributed by atoms with E-state index < -0.39 is 6.03 Å². The van der Waals surface area contributed by atoms with E-state index in [-0.39, 0.29) is 6.04 Å². The van der Waals surface area contributed by atoms with Crippen LogP contribution in [0.5, 0.6) is 0 Å². The van der Waals surface area contributed by atoms with Crippen molar-refractivity contribution in [2.24, 2.45) is 11.7 Å². The van der Waals surface area contributed by atoms with E-state index in [2.05, 4.69) is 5.32 Å². The maximum absolute atomic E-state index is 11.0.